The van der Waals surface area contributed by atoms with Gasteiger partial charge in [0.1, 0.15) is 10.0 Å². The maximum absolute atomic E-state index is 10.2. The maximum Gasteiger partial charge on any atom is 0.120 e. The van der Waals surface area contributed by atoms with Crippen molar-refractivity contribution in [1.82, 2.24) is 10.2 Å². The van der Waals surface area contributed by atoms with Crippen molar-refractivity contribution in [3.05, 3.63) is 10.0 Å². The number of ether oxygens (including phenoxy) is 1. The number of nitrogens with zero attached hydrogens (tertiary/aromatic N) is 2. The lowest BCUT2D eigenvalue weighted by Gasteiger charge is -2.30. The molecule has 1 N–H and O–H groups in total. The molecule has 1 aliphatic rings. The van der Waals surface area contributed by atoms with Crippen LogP contribution in [0.2, 0.25) is 0 Å². The first-order valence-electron chi connectivity index (χ1n) is 4.77. The lowest BCUT2D eigenvalue weighted by atomic mass is 9.91. The standard InChI is InChI=1S/C9H14N2O2S/c1-7-10-11-8(14-7)6-9(12)2-4-13-5-3-9/h12H,2-6H2,1H3. The second-order valence-electron chi connectivity index (χ2n) is 3.73. The molecule has 0 aromatic carbocycles. The molecule has 4 nitrogen and oxygen atoms in total. The predicted octanol–water partition coefficient (Wildman–Crippen LogP) is 0.931. The summed E-state index contributed by atoms with van der Waals surface area (Å²) in [6.07, 6.45) is 2.01. The Kier molecular flexibility index (Phi) is 2.80. The summed E-state index contributed by atoms with van der Waals surface area (Å²) in [6, 6.07) is 0. The minimum Gasteiger partial charge on any atom is -0.389 e. The molecule has 0 bridgehead atoms. The topological polar surface area (TPSA) is 55.2 Å². The average molecular weight is 214 g/mol. The zero-order valence-electron chi connectivity index (χ0n) is 8.19. The normalized spacial score (nSPS) is 21.0. The molecule has 1 saturated heterocycles. The highest BCUT2D eigenvalue weighted by atomic mass is 32.1. The minimum absolute atomic E-state index is 0.613. The van der Waals surface area contributed by atoms with Crippen molar-refractivity contribution in [2.45, 2.75) is 31.8 Å². The van der Waals surface area contributed by atoms with E-state index in [1.165, 1.54) is 0 Å². The molecule has 1 aromatic heterocycles. The molecule has 2 heterocycles. The highest BCUT2D eigenvalue weighted by molar-refractivity contribution is 7.11. The molecule has 0 aliphatic carbocycles. The van der Waals surface area contributed by atoms with Crippen LogP contribution in [0, 0.1) is 6.92 Å². The fraction of sp³-hybridized carbons (Fsp3) is 0.778. The Morgan fingerprint density at radius 1 is 1.43 bits per heavy atom. The Morgan fingerprint density at radius 3 is 2.71 bits per heavy atom. The van der Waals surface area contributed by atoms with Crippen molar-refractivity contribution in [3.8, 4) is 0 Å². The highest BCUT2D eigenvalue weighted by Gasteiger charge is 2.31. The smallest absolute Gasteiger partial charge is 0.120 e. The number of aromatic nitrogens is 2. The van der Waals surface area contributed by atoms with E-state index in [-0.39, 0.29) is 0 Å². The van der Waals surface area contributed by atoms with Gasteiger partial charge in [0, 0.05) is 19.6 Å². The molecule has 14 heavy (non-hydrogen) atoms. The van der Waals surface area contributed by atoms with Crippen LogP contribution < -0.4 is 0 Å². The number of aryl methyl sites for hydroxylation is 1. The van der Waals surface area contributed by atoms with Crippen molar-refractivity contribution < 1.29 is 9.84 Å². The Balaban J connectivity index is 2.01. The van der Waals surface area contributed by atoms with Crippen LogP contribution in [0.3, 0.4) is 0 Å². The van der Waals surface area contributed by atoms with Gasteiger partial charge in [-0.05, 0) is 19.8 Å². The minimum atomic E-state index is -0.621. The van der Waals surface area contributed by atoms with Crippen molar-refractivity contribution in [2.75, 3.05) is 13.2 Å². The van der Waals surface area contributed by atoms with Crippen LogP contribution in [0.25, 0.3) is 0 Å². The first-order chi connectivity index (χ1) is 6.68. The highest BCUT2D eigenvalue weighted by Crippen LogP contribution is 2.26. The maximum atomic E-state index is 10.2. The molecule has 0 saturated carbocycles. The van der Waals surface area contributed by atoms with E-state index in [0.717, 1.165) is 10.0 Å². The summed E-state index contributed by atoms with van der Waals surface area (Å²) in [6.45, 7) is 3.22. The fourth-order valence-electron chi connectivity index (χ4n) is 1.62. The summed E-state index contributed by atoms with van der Waals surface area (Å²) in [7, 11) is 0. The average Bonchev–Trinajstić information content (AvgIpc) is 2.51. The van der Waals surface area contributed by atoms with E-state index in [1.807, 2.05) is 6.92 Å². The molecular weight excluding hydrogens is 200 g/mol. The predicted molar refractivity (Wildman–Crippen MR) is 53.4 cm³/mol. The van der Waals surface area contributed by atoms with E-state index in [0.29, 0.717) is 32.5 Å². The molecule has 1 aliphatic heterocycles. The van der Waals surface area contributed by atoms with Gasteiger partial charge in [-0.1, -0.05) is 0 Å². The van der Waals surface area contributed by atoms with Gasteiger partial charge in [0.15, 0.2) is 0 Å². The van der Waals surface area contributed by atoms with Crippen molar-refractivity contribution >= 4 is 11.3 Å². The first kappa shape index (κ1) is 10.0. The summed E-state index contributed by atoms with van der Waals surface area (Å²) < 4.78 is 5.22. The van der Waals surface area contributed by atoms with Gasteiger partial charge in [-0.25, -0.2) is 0 Å². The van der Waals surface area contributed by atoms with Gasteiger partial charge in [-0.3, -0.25) is 0 Å². The SMILES string of the molecule is Cc1nnc(CC2(O)CCOCC2)s1. The van der Waals surface area contributed by atoms with Crippen LogP contribution in [-0.4, -0.2) is 34.1 Å². The number of hydrogen-bond donors (Lipinski definition) is 1. The van der Waals surface area contributed by atoms with Gasteiger partial charge in [0.2, 0.25) is 0 Å². The second kappa shape index (κ2) is 3.92. The molecule has 1 aromatic rings. The molecule has 0 spiro atoms. The lowest BCUT2D eigenvalue weighted by Crippen LogP contribution is -2.38. The largest absolute Gasteiger partial charge is 0.389 e. The third-order valence-corrected chi connectivity index (χ3v) is 3.31. The summed E-state index contributed by atoms with van der Waals surface area (Å²) in [5.41, 5.74) is -0.621. The molecule has 0 amide bonds. The zero-order valence-corrected chi connectivity index (χ0v) is 9.01. The van der Waals surface area contributed by atoms with Crippen molar-refractivity contribution in [2.24, 2.45) is 0 Å². The van der Waals surface area contributed by atoms with Gasteiger partial charge in [-0.15, -0.1) is 21.5 Å². The Bertz CT molecular complexity index is 308. The van der Waals surface area contributed by atoms with Crippen LogP contribution in [-0.2, 0) is 11.2 Å². The van der Waals surface area contributed by atoms with Gasteiger partial charge in [-0.2, -0.15) is 0 Å². The third kappa shape index (κ3) is 2.29. The quantitative estimate of drug-likeness (QED) is 0.795. The number of hydrogen-bond acceptors (Lipinski definition) is 5. The van der Waals surface area contributed by atoms with E-state index >= 15 is 0 Å². The van der Waals surface area contributed by atoms with Crippen molar-refractivity contribution in [3.63, 3.8) is 0 Å². The summed E-state index contributed by atoms with van der Waals surface area (Å²) >= 11 is 1.56. The molecule has 1 fully saturated rings. The lowest BCUT2D eigenvalue weighted by molar-refractivity contribution is -0.0626. The molecule has 5 heteroatoms. The third-order valence-electron chi connectivity index (χ3n) is 2.47. The van der Waals surface area contributed by atoms with Crippen LogP contribution in [0.5, 0.6) is 0 Å². The van der Waals surface area contributed by atoms with Gasteiger partial charge >= 0.3 is 0 Å². The van der Waals surface area contributed by atoms with Crippen LogP contribution in [0.4, 0.5) is 0 Å². The van der Waals surface area contributed by atoms with Crippen molar-refractivity contribution in [1.29, 1.82) is 0 Å². The Hall–Kier alpha value is -0.520. The monoisotopic (exact) mass is 214 g/mol. The molecule has 0 atom stereocenters. The Labute approximate surface area is 86.9 Å². The summed E-state index contributed by atoms with van der Waals surface area (Å²) in [4.78, 5) is 0. The molecule has 2 rings (SSSR count). The van der Waals surface area contributed by atoms with Gasteiger partial charge < -0.3 is 9.84 Å². The first-order valence-corrected chi connectivity index (χ1v) is 5.59. The van der Waals surface area contributed by atoms with Gasteiger partial charge in [0.25, 0.3) is 0 Å². The molecule has 78 valence electrons. The number of aliphatic hydroxyl groups is 1. The van der Waals surface area contributed by atoms with E-state index in [1.54, 1.807) is 11.3 Å². The molecule has 0 unspecified atom stereocenters. The summed E-state index contributed by atoms with van der Waals surface area (Å²) in [5.74, 6) is 0. The summed E-state index contributed by atoms with van der Waals surface area (Å²) in [5, 5.41) is 20.0. The van der Waals surface area contributed by atoms with E-state index in [4.69, 9.17) is 4.74 Å². The molecular formula is C9H14N2O2S. The fourth-order valence-corrected chi connectivity index (χ4v) is 2.46. The number of rotatable bonds is 2. The van der Waals surface area contributed by atoms with E-state index < -0.39 is 5.60 Å². The zero-order chi connectivity index (χ0) is 10.0. The molecule has 0 radical (unpaired) electrons. The second-order valence-corrected chi connectivity index (χ2v) is 4.99. The van der Waals surface area contributed by atoms with Crippen LogP contribution in [0.15, 0.2) is 0 Å². The van der Waals surface area contributed by atoms with Gasteiger partial charge in [0.05, 0.1) is 5.60 Å². The van der Waals surface area contributed by atoms with E-state index in [9.17, 15) is 5.11 Å². The van der Waals surface area contributed by atoms with E-state index in [2.05, 4.69) is 10.2 Å². The van der Waals surface area contributed by atoms with Crippen LogP contribution in [0.1, 0.15) is 22.9 Å². The Morgan fingerprint density at radius 2 is 2.14 bits per heavy atom. The van der Waals surface area contributed by atoms with Crippen LogP contribution >= 0.6 is 11.3 Å².